The van der Waals surface area contributed by atoms with Crippen LogP contribution < -0.4 is 15.0 Å². The molecule has 1 aromatic heterocycles. The highest BCUT2D eigenvalue weighted by Gasteiger charge is 2.14. The van der Waals surface area contributed by atoms with Crippen LogP contribution in [0.5, 0.6) is 11.5 Å². The van der Waals surface area contributed by atoms with E-state index in [0.717, 1.165) is 5.56 Å². The van der Waals surface area contributed by atoms with Gasteiger partial charge in [0.1, 0.15) is 6.61 Å². The molecule has 5 rings (SSSR count). The summed E-state index contributed by atoms with van der Waals surface area (Å²) in [5, 5.41) is 14.2. The quantitative estimate of drug-likeness (QED) is 0.225. The average molecular weight is 584 g/mol. The van der Waals surface area contributed by atoms with Crippen LogP contribution in [0.15, 0.2) is 105 Å². The molecular formula is C30H22BrN3O5. The number of aromatic nitrogens is 2. The van der Waals surface area contributed by atoms with Crippen LogP contribution in [0, 0.1) is 0 Å². The highest BCUT2D eigenvalue weighted by Crippen LogP contribution is 2.37. The van der Waals surface area contributed by atoms with Gasteiger partial charge in [0.05, 0.1) is 34.3 Å². The molecule has 0 atom stereocenters. The number of halogens is 1. The summed E-state index contributed by atoms with van der Waals surface area (Å²) in [4.78, 5) is 29.4. The van der Waals surface area contributed by atoms with Crippen molar-refractivity contribution >= 4 is 39.0 Å². The zero-order chi connectivity index (χ0) is 27.4. The summed E-state index contributed by atoms with van der Waals surface area (Å²) in [5.74, 6) is 0.304. The van der Waals surface area contributed by atoms with Crippen molar-refractivity contribution in [2.45, 2.75) is 6.61 Å². The van der Waals surface area contributed by atoms with Gasteiger partial charge in [-0.3, -0.25) is 4.79 Å². The lowest BCUT2D eigenvalue weighted by atomic mass is 10.1. The van der Waals surface area contributed by atoms with Gasteiger partial charge in [-0.05, 0) is 63.5 Å². The number of aromatic carboxylic acids is 1. The summed E-state index contributed by atoms with van der Waals surface area (Å²) in [6.45, 7) is 0.141. The smallest absolute Gasteiger partial charge is 0.335 e. The first-order chi connectivity index (χ1) is 18.9. The van der Waals surface area contributed by atoms with Crippen molar-refractivity contribution in [3.8, 4) is 22.9 Å². The number of benzene rings is 4. The van der Waals surface area contributed by atoms with Crippen LogP contribution in [0.25, 0.3) is 22.3 Å². The number of para-hydroxylation sites is 1. The maximum absolute atomic E-state index is 13.4. The lowest BCUT2D eigenvalue weighted by Gasteiger charge is -2.14. The van der Waals surface area contributed by atoms with E-state index in [1.165, 1.54) is 17.9 Å². The molecule has 0 saturated carbocycles. The molecule has 0 saturated heterocycles. The van der Waals surface area contributed by atoms with E-state index < -0.39 is 5.97 Å². The molecule has 0 radical (unpaired) electrons. The van der Waals surface area contributed by atoms with Gasteiger partial charge in [-0.15, -0.1) is 0 Å². The van der Waals surface area contributed by atoms with Crippen molar-refractivity contribution in [3.05, 3.63) is 123 Å². The Morgan fingerprint density at radius 3 is 2.56 bits per heavy atom. The molecule has 0 aliphatic heterocycles. The van der Waals surface area contributed by atoms with Crippen LogP contribution in [0.3, 0.4) is 0 Å². The van der Waals surface area contributed by atoms with Crippen LogP contribution >= 0.6 is 15.9 Å². The largest absolute Gasteiger partial charge is 0.493 e. The van der Waals surface area contributed by atoms with Gasteiger partial charge in [-0.1, -0.05) is 54.6 Å². The number of hydrogen-bond acceptors (Lipinski definition) is 6. The van der Waals surface area contributed by atoms with E-state index in [-0.39, 0.29) is 17.7 Å². The summed E-state index contributed by atoms with van der Waals surface area (Å²) in [5.41, 5.74) is 2.59. The third kappa shape index (κ3) is 5.58. The fourth-order valence-electron chi connectivity index (χ4n) is 4.03. The minimum atomic E-state index is -1.00. The molecule has 8 nitrogen and oxygen atoms in total. The molecule has 9 heteroatoms. The van der Waals surface area contributed by atoms with Crippen molar-refractivity contribution in [1.29, 1.82) is 0 Å². The number of carboxylic acid groups (broad SMARTS) is 1. The Morgan fingerprint density at radius 2 is 1.79 bits per heavy atom. The SMILES string of the molecule is COc1cc(C=Nn2c(-c3ccccc3)nc3ccccc3c2=O)cc(Br)c1OCc1cccc(C(=O)O)c1. The van der Waals surface area contributed by atoms with Crippen molar-refractivity contribution in [1.82, 2.24) is 9.66 Å². The van der Waals surface area contributed by atoms with Crippen LogP contribution in [0.4, 0.5) is 0 Å². The molecule has 194 valence electrons. The van der Waals surface area contributed by atoms with Crippen LogP contribution in [-0.4, -0.2) is 34.1 Å². The lowest BCUT2D eigenvalue weighted by Crippen LogP contribution is -2.20. The molecule has 1 heterocycles. The van der Waals surface area contributed by atoms with Gasteiger partial charge in [-0.25, -0.2) is 9.78 Å². The standard InChI is InChI=1S/C30H22BrN3O5/c1-38-26-16-20(15-24(31)27(26)39-18-19-8-7-11-22(14-19)30(36)37)17-32-34-28(21-9-3-2-4-10-21)33-25-13-6-5-12-23(25)29(34)35/h2-17H,18H2,1H3,(H,36,37). The first-order valence-electron chi connectivity index (χ1n) is 11.9. The lowest BCUT2D eigenvalue weighted by molar-refractivity contribution is 0.0696. The zero-order valence-corrected chi connectivity index (χ0v) is 22.3. The summed E-state index contributed by atoms with van der Waals surface area (Å²) in [6.07, 6.45) is 1.55. The highest BCUT2D eigenvalue weighted by molar-refractivity contribution is 9.10. The van der Waals surface area contributed by atoms with E-state index in [4.69, 9.17) is 14.5 Å². The predicted octanol–water partition coefficient (Wildman–Crippen LogP) is 5.99. The Bertz CT molecular complexity index is 1770. The second-order valence-electron chi connectivity index (χ2n) is 8.51. The zero-order valence-electron chi connectivity index (χ0n) is 20.7. The number of carboxylic acids is 1. The average Bonchev–Trinajstić information content (AvgIpc) is 2.96. The van der Waals surface area contributed by atoms with Gasteiger partial charge in [0.15, 0.2) is 17.3 Å². The number of rotatable bonds is 8. The number of ether oxygens (including phenoxy) is 2. The minimum absolute atomic E-state index is 0.141. The molecule has 0 unspecified atom stereocenters. The van der Waals surface area contributed by atoms with Gasteiger partial charge >= 0.3 is 5.97 Å². The molecule has 39 heavy (non-hydrogen) atoms. The molecule has 0 spiro atoms. The fourth-order valence-corrected chi connectivity index (χ4v) is 4.61. The number of carbonyl (C=O) groups is 1. The molecule has 5 aromatic rings. The molecular weight excluding hydrogens is 562 g/mol. The first kappa shape index (κ1) is 25.9. The van der Waals surface area contributed by atoms with Crippen molar-refractivity contribution in [2.24, 2.45) is 5.10 Å². The number of methoxy groups -OCH3 is 1. The normalized spacial score (nSPS) is 11.1. The monoisotopic (exact) mass is 583 g/mol. The predicted molar refractivity (Wildman–Crippen MR) is 153 cm³/mol. The van der Waals surface area contributed by atoms with Crippen LogP contribution in [-0.2, 0) is 6.61 Å². The maximum atomic E-state index is 13.4. The van der Waals surface area contributed by atoms with E-state index in [2.05, 4.69) is 21.0 Å². The molecule has 0 aliphatic rings. The van der Waals surface area contributed by atoms with Crippen LogP contribution in [0.2, 0.25) is 0 Å². The van der Waals surface area contributed by atoms with Crippen molar-refractivity contribution < 1.29 is 19.4 Å². The van der Waals surface area contributed by atoms with Gasteiger partial charge in [0.25, 0.3) is 5.56 Å². The van der Waals surface area contributed by atoms with Gasteiger partial charge in [-0.2, -0.15) is 9.78 Å². The Labute approximate surface area is 231 Å². The molecule has 1 N–H and O–H groups in total. The summed E-state index contributed by atoms with van der Waals surface area (Å²) in [6, 6.07) is 26.6. The maximum Gasteiger partial charge on any atom is 0.335 e. The van der Waals surface area contributed by atoms with Crippen molar-refractivity contribution in [3.63, 3.8) is 0 Å². The van der Waals surface area contributed by atoms with E-state index >= 15 is 0 Å². The second kappa shape index (κ2) is 11.3. The summed E-state index contributed by atoms with van der Waals surface area (Å²) >= 11 is 3.53. The van der Waals surface area contributed by atoms with Gasteiger partial charge in [0.2, 0.25) is 0 Å². The topological polar surface area (TPSA) is 103 Å². The van der Waals surface area contributed by atoms with Crippen LogP contribution in [0.1, 0.15) is 21.5 Å². The second-order valence-corrected chi connectivity index (χ2v) is 9.36. The number of nitrogens with zero attached hydrogens (tertiary/aromatic N) is 3. The number of fused-ring (bicyclic) bond motifs is 1. The van der Waals surface area contributed by atoms with Gasteiger partial charge < -0.3 is 14.6 Å². The molecule has 0 fully saturated rings. The van der Waals surface area contributed by atoms with Crippen molar-refractivity contribution in [2.75, 3.05) is 7.11 Å². The van der Waals surface area contributed by atoms with E-state index in [0.29, 0.717) is 43.8 Å². The Kier molecular flexibility index (Phi) is 7.51. The minimum Gasteiger partial charge on any atom is -0.493 e. The Morgan fingerprint density at radius 1 is 1.03 bits per heavy atom. The van der Waals surface area contributed by atoms with E-state index in [9.17, 15) is 14.7 Å². The van der Waals surface area contributed by atoms with E-state index in [1.807, 2.05) is 36.4 Å². The molecule has 0 bridgehead atoms. The summed E-state index contributed by atoms with van der Waals surface area (Å²) in [7, 11) is 1.52. The third-order valence-electron chi connectivity index (χ3n) is 5.92. The molecule has 0 amide bonds. The Hall–Kier alpha value is -4.76. The first-order valence-corrected chi connectivity index (χ1v) is 12.7. The van der Waals surface area contributed by atoms with Gasteiger partial charge in [0, 0.05) is 5.56 Å². The highest BCUT2D eigenvalue weighted by atomic mass is 79.9. The fraction of sp³-hybridized carbons (Fsp3) is 0.0667. The molecule has 4 aromatic carbocycles. The molecule has 0 aliphatic carbocycles. The Balaban J connectivity index is 1.49. The summed E-state index contributed by atoms with van der Waals surface area (Å²) < 4.78 is 13.4. The van der Waals surface area contributed by atoms with E-state index in [1.54, 1.807) is 54.7 Å². The third-order valence-corrected chi connectivity index (χ3v) is 6.51. The number of hydrogen-bond donors (Lipinski definition) is 1.